The van der Waals surface area contributed by atoms with Crippen molar-refractivity contribution in [2.75, 3.05) is 38.2 Å². The van der Waals surface area contributed by atoms with Crippen LogP contribution in [0, 0.1) is 11.6 Å². The van der Waals surface area contributed by atoms with Gasteiger partial charge in [0.2, 0.25) is 15.9 Å². The highest BCUT2D eigenvalue weighted by atomic mass is 32.2. The van der Waals surface area contributed by atoms with E-state index in [-0.39, 0.29) is 30.1 Å². The molecule has 0 bridgehead atoms. The van der Waals surface area contributed by atoms with E-state index >= 15 is 0 Å². The Bertz CT molecular complexity index is 1620. The molecule has 202 valence electrons. The number of pyridine rings is 1. The van der Waals surface area contributed by atoms with E-state index in [2.05, 4.69) is 10.1 Å². The quantitative estimate of drug-likeness (QED) is 0.347. The van der Waals surface area contributed by atoms with Gasteiger partial charge in [0, 0.05) is 50.1 Å². The van der Waals surface area contributed by atoms with Crippen LogP contribution in [0.4, 0.5) is 14.5 Å². The minimum Gasteiger partial charge on any atom is -0.481 e. The topological polar surface area (TPSA) is 97.6 Å². The molecule has 4 aromatic rings. The molecule has 0 spiro atoms. The Kier molecular flexibility index (Phi) is 7.40. The van der Waals surface area contributed by atoms with E-state index < -0.39 is 27.2 Å². The van der Waals surface area contributed by atoms with Gasteiger partial charge in [-0.3, -0.25) is 4.79 Å². The van der Waals surface area contributed by atoms with Gasteiger partial charge >= 0.3 is 0 Å². The molecule has 0 N–H and O–H groups in total. The van der Waals surface area contributed by atoms with Crippen molar-refractivity contribution in [1.82, 2.24) is 19.1 Å². The summed E-state index contributed by atoms with van der Waals surface area (Å²) in [5.74, 6) is -1.44. The molecular formula is C27H25F2N5O4S. The molecule has 1 saturated heterocycles. The first-order valence-corrected chi connectivity index (χ1v) is 13.7. The SMILES string of the molecule is COc1ccc(-c2c(N3CCN(S(=O)(=O)Cc4ccccc4)CC3)cnn(-c3cc(F)cc(F)c3)c2=O)cn1. The minimum atomic E-state index is -3.54. The van der Waals surface area contributed by atoms with Gasteiger partial charge in [-0.25, -0.2) is 22.2 Å². The zero-order chi connectivity index (χ0) is 27.6. The molecule has 9 nitrogen and oxygen atoms in total. The van der Waals surface area contributed by atoms with E-state index in [4.69, 9.17) is 4.74 Å². The maximum Gasteiger partial charge on any atom is 0.281 e. The van der Waals surface area contributed by atoms with Crippen molar-refractivity contribution >= 4 is 15.7 Å². The van der Waals surface area contributed by atoms with E-state index in [1.807, 2.05) is 11.0 Å². The lowest BCUT2D eigenvalue weighted by atomic mass is 10.1. The standard InChI is InChI=1S/C27H25F2N5O4S/c1-38-25-8-7-20(16-30-25)26-24(17-31-34(27(26)35)23-14-21(28)13-22(29)15-23)32-9-11-33(12-10-32)39(36,37)18-19-5-3-2-4-6-19/h2-8,13-17H,9-12,18H2,1H3. The van der Waals surface area contributed by atoms with Crippen LogP contribution in [-0.2, 0) is 15.8 Å². The van der Waals surface area contributed by atoms with Gasteiger partial charge in [-0.05, 0) is 23.8 Å². The summed E-state index contributed by atoms with van der Waals surface area (Å²) in [6.07, 6.45) is 2.91. The summed E-state index contributed by atoms with van der Waals surface area (Å²) < 4.78 is 61.4. The summed E-state index contributed by atoms with van der Waals surface area (Å²) in [5, 5.41) is 4.20. The monoisotopic (exact) mass is 553 g/mol. The molecule has 0 radical (unpaired) electrons. The van der Waals surface area contributed by atoms with E-state index in [9.17, 15) is 22.0 Å². The Morgan fingerprint density at radius 3 is 2.23 bits per heavy atom. The molecule has 2 aromatic carbocycles. The van der Waals surface area contributed by atoms with Gasteiger partial charge in [-0.15, -0.1) is 0 Å². The van der Waals surface area contributed by atoms with Crippen LogP contribution in [0.3, 0.4) is 0 Å². The molecule has 39 heavy (non-hydrogen) atoms. The smallest absolute Gasteiger partial charge is 0.281 e. The highest BCUT2D eigenvalue weighted by Gasteiger charge is 2.29. The van der Waals surface area contributed by atoms with Crippen LogP contribution in [0.25, 0.3) is 16.8 Å². The summed E-state index contributed by atoms with van der Waals surface area (Å²) in [6.45, 7) is 1.05. The number of anilines is 1. The fourth-order valence-corrected chi connectivity index (χ4v) is 6.05. The number of methoxy groups -OCH3 is 1. The number of hydrogen-bond donors (Lipinski definition) is 0. The predicted octanol–water partition coefficient (Wildman–Crippen LogP) is 3.23. The van der Waals surface area contributed by atoms with E-state index in [1.54, 1.807) is 36.4 Å². The van der Waals surface area contributed by atoms with Crippen molar-refractivity contribution in [2.45, 2.75) is 5.75 Å². The molecule has 0 amide bonds. The van der Waals surface area contributed by atoms with Gasteiger partial charge in [0.25, 0.3) is 5.56 Å². The first kappa shape index (κ1) is 26.4. The van der Waals surface area contributed by atoms with Gasteiger partial charge in [0.05, 0.1) is 36.0 Å². The van der Waals surface area contributed by atoms with Gasteiger partial charge in [0.1, 0.15) is 11.6 Å². The fourth-order valence-electron chi connectivity index (χ4n) is 4.53. The lowest BCUT2D eigenvalue weighted by molar-refractivity contribution is 0.384. The molecular weight excluding hydrogens is 528 g/mol. The highest BCUT2D eigenvalue weighted by molar-refractivity contribution is 7.88. The fraction of sp³-hybridized carbons (Fsp3) is 0.222. The summed E-state index contributed by atoms with van der Waals surface area (Å²) in [7, 11) is -2.07. The molecule has 0 aliphatic carbocycles. The van der Waals surface area contributed by atoms with Gasteiger partial charge in [-0.1, -0.05) is 30.3 Å². The van der Waals surface area contributed by atoms with Crippen molar-refractivity contribution in [3.8, 4) is 22.7 Å². The highest BCUT2D eigenvalue weighted by Crippen LogP contribution is 2.29. The Hall–Kier alpha value is -4.16. The summed E-state index contributed by atoms with van der Waals surface area (Å²) in [4.78, 5) is 19.8. The molecule has 0 unspecified atom stereocenters. The number of aromatic nitrogens is 3. The van der Waals surface area contributed by atoms with Crippen molar-refractivity contribution in [2.24, 2.45) is 0 Å². The Morgan fingerprint density at radius 1 is 0.923 bits per heavy atom. The number of nitrogens with zero attached hydrogens (tertiary/aromatic N) is 5. The zero-order valence-electron chi connectivity index (χ0n) is 21.0. The van der Waals surface area contributed by atoms with E-state index in [0.29, 0.717) is 41.9 Å². The lowest BCUT2D eigenvalue weighted by Gasteiger charge is -2.36. The second kappa shape index (κ2) is 10.9. The predicted molar refractivity (Wildman–Crippen MR) is 142 cm³/mol. The van der Waals surface area contributed by atoms with Crippen LogP contribution in [0.2, 0.25) is 0 Å². The van der Waals surface area contributed by atoms with Crippen molar-refractivity contribution in [3.63, 3.8) is 0 Å². The minimum absolute atomic E-state index is 0.0661. The molecule has 12 heteroatoms. The van der Waals surface area contributed by atoms with Crippen molar-refractivity contribution in [1.29, 1.82) is 0 Å². The van der Waals surface area contributed by atoms with Gasteiger partial charge in [-0.2, -0.15) is 14.1 Å². The number of ether oxygens (including phenoxy) is 1. The maximum atomic E-state index is 13.9. The molecule has 2 aromatic heterocycles. The number of hydrogen-bond acceptors (Lipinski definition) is 7. The van der Waals surface area contributed by atoms with Crippen LogP contribution >= 0.6 is 0 Å². The van der Waals surface area contributed by atoms with E-state index in [0.717, 1.165) is 16.8 Å². The summed E-state index contributed by atoms with van der Waals surface area (Å²) in [6, 6.07) is 15.0. The Balaban J connectivity index is 1.48. The zero-order valence-corrected chi connectivity index (χ0v) is 21.8. The third-order valence-corrected chi connectivity index (χ3v) is 8.30. The van der Waals surface area contributed by atoms with Crippen LogP contribution in [0.1, 0.15) is 5.56 Å². The second-order valence-electron chi connectivity index (χ2n) is 8.97. The maximum absolute atomic E-state index is 13.9. The number of sulfonamides is 1. The van der Waals surface area contributed by atoms with Crippen molar-refractivity contribution in [3.05, 3.63) is 101 Å². The first-order valence-electron chi connectivity index (χ1n) is 12.1. The molecule has 1 fully saturated rings. The van der Waals surface area contributed by atoms with E-state index in [1.165, 1.54) is 23.8 Å². The lowest BCUT2D eigenvalue weighted by Crippen LogP contribution is -2.49. The summed E-state index contributed by atoms with van der Waals surface area (Å²) >= 11 is 0. The number of benzene rings is 2. The number of rotatable bonds is 7. The van der Waals surface area contributed by atoms with Crippen molar-refractivity contribution < 1.29 is 21.9 Å². The first-order chi connectivity index (χ1) is 18.7. The molecule has 1 aliphatic heterocycles. The Labute approximate surface area is 224 Å². The van der Waals surface area contributed by atoms with Crippen LogP contribution < -0.4 is 15.2 Å². The third-order valence-electron chi connectivity index (χ3n) is 6.45. The van der Waals surface area contributed by atoms with Crippen LogP contribution in [0.5, 0.6) is 5.88 Å². The average Bonchev–Trinajstić information content (AvgIpc) is 2.93. The molecule has 0 atom stereocenters. The third kappa shape index (κ3) is 5.66. The normalized spacial score (nSPS) is 14.4. The van der Waals surface area contributed by atoms with Gasteiger partial charge < -0.3 is 9.64 Å². The second-order valence-corrected chi connectivity index (χ2v) is 10.9. The molecule has 3 heterocycles. The van der Waals surface area contributed by atoms with Crippen LogP contribution in [0.15, 0.2) is 77.9 Å². The number of piperazine rings is 1. The van der Waals surface area contributed by atoms with Crippen LogP contribution in [-0.4, -0.2) is 60.8 Å². The molecule has 0 saturated carbocycles. The van der Waals surface area contributed by atoms with Gasteiger partial charge in [0.15, 0.2) is 0 Å². The largest absolute Gasteiger partial charge is 0.481 e. The molecule has 5 rings (SSSR count). The number of halogens is 2. The summed E-state index contributed by atoms with van der Waals surface area (Å²) in [5.41, 5.74) is 1.15. The Morgan fingerprint density at radius 2 is 1.62 bits per heavy atom. The average molecular weight is 554 g/mol. The molecule has 1 aliphatic rings.